The van der Waals surface area contributed by atoms with E-state index in [1.54, 1.807) is 12.4 Å². The van der Waals surface area contributed by atoms with Crippen molar-refractivity contribution in [2.45, 2.75) is 157 Å². The molecule has 9 atom stereocenters. The Hall–Kier alpha value is -6.53. The molecule has 5 aliphatic rings. The highest BCUT2D eigenvalue weighted by atomic mass is 16.5. The lowest BCUT2D eigenvalue weighted by molar-refractivity contribution is -0.143. The quantitative estimate of drug-likeness (QED) is 0.0829. The Balaban J connectivity index is 1.78. The van der Waals surface area contributed by atoms with E-state index in [1.165, 1.54) is 42.7 Å². The molecule has 78 heavy (non-hydrogen) atoms. The molecule has 0 aromatic carbocycles. The van der Waals surface area contributed by atoms with E-state index in [9.17, 15) is 33.6 Å². The average Bonchev–Trinajstić information content (AvgIpc) is 4.23. The van der Waals surface area contributed by atoms with E-state index >= 15 is 0 Å². The summed E-state index contributed by atoms with van der Waals surface area (Å²) in [6.07, 6.45) is 7.02. The zero-order chi connectivity index (χ0) is 57.5. The second kappa shape index (κ2) is 24.6. The molecule has 19 heteroatoms. The second-order valence-electron chi connectivity index (χ2n) is 23.0. The summed E-state index contributed by atoms with van der Waals surface area (Å²) in [5, 5.41) is 6.97. The monoisotopic (exact) mass is 1080 g/mol. The summed E-state index contributed by atoms with van der Waals surface area (Å²) in [5.41, 5.74) is 1.34. The molecule has 1 amide bonds. The maximum atomic E-state index is 14.7. The van der Waals surface area contributed by atoms with Crippen LogP contribution in [-0.4, -0.2) is 118 Å². The van der Waals surface area contributed by atoms with Crippen molar-refractivity contribution in [3.8, 4) is 0 Å². The van der Waals surface area contributed by atoms with Gasteiger partial charge in [-0.3, -0.25) is 53.5 Å². The summed E-state index contributed by atoms with van der Waals surface area (Å²) in [5.74, 6) is -4.76. The fraction of sp³-hybridized carbons (Fsp3) is 0.644. The first kappa shape index (κ1) is 60.7. The molecule has 6 rings (SSSR count). The number of fused-ring (bicyclic) bond motifs is 6. The third kappa shape index (κ3) is 11.9. The number of nitrogens with zero attached hydrogens (tertiary/aromatic N) is 4. The lowest BCUT2D eigenvalue weighted by atomic mass is 9.55. The number of carbonyl (C=O) groups is 7. The molecular formula is C59H82N6O13. The van der Waals surface area contributed by atoms with Gasteiger partial charge in [-0.15, -0.1) is 0 Å². The summed E-state index contributed by atoms with van der Waals surface area (Å²) < 4.78 is 31.5. The molecular weight excluding hydrogens is 1000 g/mol. The molecule has 19 nitrogen and oxygen atoms in total. The van der Waals surface area contributed by atoms with Gasteiger partial charge in [-0.25, -0.2) is 0 Å². The van der Waals surface area contributed by atoms with Crippen LogP contribution < -0.4 is 10.6 Å². The number of aromatic nitrogens is 1. The van der Waals surface area contributed by atoms with Crippen molar-refractivity contribution in [2.75, 3.05) is 42.7 Å². The first-order valence-corrected chi connectivity index (χ1v) is 27.1. The Labute approximate surface area is 459 Å². The van der Waals surface area contributed by atoms with Crippen LogP contribution in [0.2, 0.25) is 0 Å². The second-order valence-corrected chi connectivity index (χ2v) is 23.0. The van der Waals surface area contributed by atoms with Gasteiger partial charge in [0, 0.05) is 138 Å². The number of hydrogen-bond donors (Lipinski definition) is 2. The molecule has 2 N–H and O–H groups in total. The summed E-state index contributed by atoms with van der Waals surface area (Å²) in [4.78, 5) is 116. The van der Waals surface area contributed by atoms with Gasteiger partial charge in [0.2, 0.25) is 5.91 Å². The van der Waals surface area contributed by atoms with Gasteiger partial charge in [-0.05, 0) is 100 Å². The predicted octanol–water partition coefficient (Wildman–Crippen LogP) is 7.86. The highest BCUT2D eigenvalue weighted by molar-refractivity contribution is 6.10. The molecule has 0 spiro atoms. The number of aliphatic imine (C=N–C) groups is 3. The third-order valence-corrected chi connectivity index (χ3v) is 18.5. The van der Waals surface area contributed by atoms with E-state index in [-0.39, 0.29) is 101 Å². The van der Waals surface area contributed by atoms with Crippen molar-refractivity contribution < 1.29 is 62.0 Å². The fourth-order valence-corrected chi connectivity index (χ4v) is 13.5. The van der Waals surface area contributed by atoms with Crippen LogP contribution >= 0.6 is 0 Å². The number of ether oxygens (including phenoxy) is 6. The minimum Gasteiger partial charge on any atom is -0.469 e. The van der Waals surface area contributed by atoms with Gasteiger partial charge in [0.25, 0.3) is 0 Å². The molecule has 8 bridgehead atoms. The van der Waals surface area contributed by atoms with Crippen LogP contribution in [-0.2, 0) is 68.5 Å². The number of methoxy groups -OCH3 is 6. The van der Waals surface area contributed by atoms with E-state index in [4.69, 9.17) is 43.4 Å². The van der Waals surface area contributed by atoms with Crippen LogP contribution in [0.3, 0.4) is 0 Å². The van der Waals surface area contributed by atoms with E-state index in [0.717, 1.165) is 11.1 Å². The van der Waals surface area contributed by atoms with Crippen LogP contribution in [0.5, 0.6) is 0 Å². The number of esters is 6. The summed E-state index contributed by atoms with van der Waals surface area (Å²) >= 11 is 0. The van der Waals surface area contributed by atoms with Gasteiger partial charge >= 0.3 is 35.8 Å². The Morgan fingerprint density at radius 3 is 1.67 bits per heavy atom. The number of carbonyl (C=O) groups excluding carboxylic acids is 7. The molecule has 1 fully saturated rings. The van der Waals surface area contributed by atoms with Crippen molar-refractivity contribution in [1.29, 1.82) is 0 Å². The zero-order valence-corrected chi connectivity index (χ0v) is 48.3. The standard InChI is InChI=1S/C59H82N6O13/c1-34-50-38(16-20-45(68)74-10)55(3,4)42(63-50)31-41-37(15-19-44(67)73-9)57(6,32-43(66)61-33-36-25-29-60-30-26-36)53(62-41)35(2)51-39(17-21-46(69)75-11)58(7,28-24-49(72)78-14)59(8,65-51)54-40(18-22-47(70)76-12)56(5,52(34)64-54)27-23-48(71)77-13/h25-26,29-31,37-40,54,62H,15-24,27-28,32-33H2,1-14H3,(H,61,66)/b41-31-,50-34-,53-35-/t37-,38-,39+,40+,54?,56+,57-,58?,59+/m1/s1. The van der Waals surface area contributed by atoms with Crippen molar-refractivity contribution >= 4 is 58.9 Å². The molecule has 1 aromatic heterocycles. The van der Waals surface area contributed by atoms with Crippen LogP contribution in [0.15, 0.2) is 73.8 Å². The lowest BCUT2D eigenvalue weighted by Crippen LogP contribution is -2.54. The minimum atomic E-state index is -1.23. The normalized spacial score (nSPS) is 31.2. The van der Waals surface area contributed by atoms with E-state index in [2.05, 4.69) is 43.3 Å². The van der Waals surface area contributed by atoms with E-state index in [1.807, 2.05) is 45.9 Å². The molecule has 2 unspecified atom stereocenters. The molecule has 5 aliphatic heterocycles. The van der Waals surface area contributed by atoms with Crippen LogP contribution in [0.4, 0.5) is 0 Å². The van der Waals surface area contributed by atoms with E-state index in [0.29, 0.717) is 46.2 Å². The van der Waals surface area contributed by atoms with Gasteiger partial charge in [-0.1, -0.05) is 34.6 Å². The first-order valence-electron chi connectivity index (χ1n) is 27.1. The zero-order valence-electron chi connectivity index (χ0n) is 48.3. The molecule has 426 valence electrons. The molecule has 6 heterocycles. The Morgan fingerprint density at radius 2 is 1.12 bits per heavy atom. The van der Waals surface area contributed by atoms with Crippen molar-refractivity contribution in [3.05, 3.63) is 64.4 Å². The Morgan fingerprint density at radius 1 is 0.615 bits per heavy atom. The Kier molecular flexibility index (Phi) is 19.2. The van der Waals surface area contributed by atoms with Gasteiger partial charge in [0.1, 0.15) is 0 Å². The lowest BCUT2D eigenvalue weighted by Gasteiger charge is -2.49. The summed E-state index contributed by atoms with van der Waals surface area (Å²) in [7, 11) is 8.06. The molecule has 0 radical (unpaired) electrons. The maximum Gasteiger partial charge on any atom is 0.305 e. The summed E-state index contributed by atoms with van der Waals surface area (Å²) in [6, 6.07) is 2.92. The van der Waals surface area contributed by atoms with Crippen molar-refractivity contribution in [1.82, 2.24) is 15.6 Å². The largest absolute Gasteiger partial charge is 0.469 e. The predicted molar refractivity (Wildman–Crippen MR) is 291 cm³/mol. The van der Waals surface area contributed by atoms with Crippen molar-refractivity contribution in [3.63, 3.8) is 0 Å². The van der Waals surface area contributed by atoms with Gasteiger partial charge < -0.3 is 39.1 Å². The Bertz CT molecular complexity index is 2710. The van der Waals surface area contributed by atoms with Crippen LogP contribution in [0, 0.1) is 45.3 Å². The summed E-state index contributed by atoms with van der Waals surface area (Å²) in [6.45, 7) is 16.6. The molecule has 1 aromatic rings. The van der Waals surface area contributed by atoms with Crippen molar-refractivity contribution in [2.24, 2.45) is 60.3 Å². The number of hydrogen-bond acceptors (Lipinski definition) is 18. The van der Waals surface area contributed by atoms with E-state index < -0.39 is 80.8 Å². The van der Waals surface area contributed by atoms with Gasteiger partial charge in [0.15, 0.2) is 0 Å². The minimum absolute atomic E-state index is 0.00339. The van der Waals surface area contributed by atoms with Gasteiger partial charge in [0.05, 0.1) is 54.2 Å². The first-order chi connectivity index (χ1) is 36.8. The van der Waals surface area contributed by atoms with Crippen LogP contribution in [0.25, 0.3) is 0 Å². The highest BCUT2D eigenvalue weighted by Crippen LogP contribution is 2.63. The fourth-order valence-electron chi connectivity index (χ4n) is 13.5. The number of allylic oxidation sites excluding steroid dienone is 6. The maximum absolute atomic E-state index is 14.7. The molecule has 1 saturated heterocycles. The molecule has 0 saturated carbocycles. The SMILES string of the molecule is COC(=O)CC[C@@H]1/C2=C(\C)C3=NC([C@H](CCC(=O)OC)[C@]3(C)CCC(=O)OC)[C@]3(C)N=C(/C(C)=C4\N/C(=C\C(=N2)C1(C)C)[C@@H](CCC(=O)OC)[C@@]4(C)CC(=O)NCc1ccncc1)[C@H](CCC(=O)OC)C3(C)CCC(=O)OC. The number of pyridine rings is 1. The number of amides is 1. The molecule has 0 aliphatic carbocycles. The topological polar surface area (TPSA) is 249 Å². The average molecular weight is 1080 g/mol. The smallest absolute Gasteiger partial charge is 0.305 e. The van der Waals surface area contributed by atoms with Crippen LogP contribution in [0.1, 0.15) is 144 Å². The number of rotatable bonds is 22. The van der Waals surface area contributed by atoms with Gasteiger partial charge in [-0.2, -0.15) is 0 Å². The third-order valence-electron chi connectivity index (χ3n) is 18.5. The highest BCUT2D eigenvalue weighted by Gasteiger charge is 2.65. The number of nitrogens with one attached hydrogen (secondary N) is 2.